The normalized spacial score (nSPS) is 43.4. The number of alkyl halides is 9. The molecule has 0 aromatic heterocycles. The third-order valence-electron chi connectivity index (χ3n) is 4.50. The van der Waals surface area contributed by atoms with Crippen LogP contribution in [0.15, 0.2) is 47.3 Å². The third-order valence-corrected chi connectivity index (χ3v) is 11.0. The van der Waals surface area contributed by atoms with E-state index in [4.69, 9.17) is 104 Å². The zero-order chi connectivity index (χ0) is 19.3. The minimum absolute atomic E-state index is 0.0848. The first-order valence-electron chi connectivity index (χ1n) is 6.55. The van der Waals surface area contributed by atoms with Crippen LogP contribution in [-0.4, -0.2) is 38.0 Å². The lowest BCUT2D eigenvalue weighted by molar-refractivity contribution is 0.101. The summed E-state index contributed by atoms with van der Waals surface area (Å²) in [7, 11) is 0. The highest BCUT2D eigenvalue weighted by Gasteiger charge is 2.85. The Balaban J connectivity index is 2.43. The molecule has 0 radical (unpaired) electrons. The van der Waals surface area contributed by atoms with Crippen molar-refractivity contribution in [1.29, 1.82) is 0 Å². The number of aliphatic hydroxyl groups is 2. The van der Waals surface area contributed by atoms with E-state index in [1.807, 2.05) is 0 Å². The van der Waals surface area contributed by atoms with E-state index in [1.165, 1.54) is 30.4 Å². The van der Waals surface area contributed by atoms with Crippen LogP contribution < -0.4 is 0 Å². The van der Waals surface area contributed by atoms with Crippen molar-refractivity contribution in [3.8, 4) is 0 Å². The van der Waals surface area contributed by atoms with Crippen molar-refractivity contribution in [2.45, 2.75) is 27.8 Å². The van der Waals surface area contributed by atoms with Gasteiger partial charge in [-0.3, -0.25) is 0 Å². The Kier molecular flexibility index (Phi) is 4.79. The van der Waals surface area contributed by atoms with Crippen molar-refractivity contribution in [2.24, 2.45) is 0 Å². The molecule has 25 heavy (non-hydrogen) atoms. The number of fused-ring (bicyclic) bond motifs is 3. The van der Waals surface area contributed by atoms with E-state index in [0.717, 1.165) is 0 Å². The van der Waals surface area contributed by atoms with E-state index in [-0.39, 0.29) is 11.3 Å². The Labute approximate surface area is 188 Å². The number of aliphatic hydroxyl groups excluding tert-OH is 1. The van der Waals surface area contributed by atoms with Gasteiger partial charge in [-0.05, 0) is 17.7 Å². The highest BCUT2D eigenvalue weighted by molar-refractivity contribution is 6.74. The summed E-state index contributed by atoms with van der Waals surface area (Å²) in [5.41, 5.74) is 0.111. The van der Waals surface area contributed by atoms with Crippen LogP contribution in [0, 0.1) is 0 Å². The summed E-state index contributed by atoms with van der Waals surface area (Å²) < 4.78 is -7.27. The molecule has 0 bridgehead atoms. The van der Waals surface area contributed by atoms with Crippen LogP contribution in [-0.2, 0) is 0 Å². The minimum Gasteiger partial charge on any atom is -0.508 e. The molecule has 11 heteroatoms. The van der Waals surface area contributed by atoms with E-state index in [1.54, 1.807) is 0 Å². The quantitative estimate of drug-likeness (QED) is 0.365. The van der Waals surface area contributed by atoms with Crippen molar-refractivity contribution in [3.05, 3.63) is 47.3 Å². The van der Waals surface area contributed by atoms with Gasteiger partial charge in [0.05, 0.1) is 0 Å². The molecule has 0 heterocycles. The average molecular weight is 526 g/mol. The maximum Gasteiger partial charge on any atom is 0.200 e. The van der Waals surface area contributed by atoms with Gasteiger partial charge in [0.25, 0.3) is 0 Å². The second-order valence-electron chi connectivity index (χ2n) is 5.82. The van der Waals surface area contributed by atoms with Gasteiger partial charge in [-0.15, -0.1) is 23.2 Å². The maximum absolute atomic E-state index is 10.9. The standard InChI is InChI=1S/C14H7Cl9O2/c15-9-4-3-7(24)5-6(9)1-2-8-10(9,16)12(18,19)14(22,23)13(20,21)11(8,17)25/h1-5,24-25H. The van der Waals surface area contributed by atoms with E-state index in [9.17, 15) is 10.2 Å². The second-order valence-corrected chi connectivity index (χ2v) is 11.5. The van der Waals surface area contributed by atoms with Gasteiger partial charge >= 0.3 is 0 Å². The molecule has 1 fully saturated rings. The SMILES string of the molecule is OC1=CC2=CC=C3C(O)(Cl)C(Cl)(Cl)C(Cl)(Cl)C(Cl)(Cl)C3(Cl)C2(Cl)C=C1. The van der Waals surface area contributed by atoms with Gasteiger partial charge in [-0.2, -0.15) is 0 Å². The molecule has 0 amide bonds. The first-order valence-corrected chi connectivity index (χ1v) is 9.95. The topological polar surface area (TPSA) is 40.5 Å². The lowest BCUT2D eigenvalue weighted by atomic mass is 9.65. The molecule has 3 atom stereocenters. The molecule has 0 spiro atoms. The largest absolute Gasteiger partial charge is 0.508 e. The summed E-state index contributed by atoms with van der Waals surface area (Å²) in [5.74, 6) is -0.0848. The van der Waals surface area contributed by atoms with E-state index < -0.39 is 27.8 Å². The number of hydrogen-bond donors (Lipinski definition) is 2. The molecular formula is C14H7Cl9O2. The fourth-order valence-corrected chi connectivity index (χ4v) is 6.75. The Morgan fingerprint density at radius 1 is 0.760 bits per heavy atom. The van der Waals surface area contributed by atoms with Gasteiger partial charge in [0.2, 0.25) is 0 Å². The van der Waals surface area contributed by atoms with Crippen molar-refractivity contribution < 1.29 is 10.2 Å². The van der Waals surface area contributed by atoms with Crippen LogP contribution in [0.4, 0.5) is 0 Å². The number of halogens is 9. The second kappa shape index (κ2) is 5.69. The molecule has 3 unspecified atom stereocenters. The molecule has 0 aromatic carbocycles. The molecule has 3 rings (SSSR count). The van der Waals surface area contributed by atoms with Crippen LogP contribution in [0.3, 0.4) is 0 Å². The summed E-state index contributed by atoms with van der Waals surface area (Å²) in [5, 5.41) is 18.0. The fourth-order valence-electron chi connectivity index (χ4n) is 3.10. The predicted molar refractivity (Wildman–Crippen MR) is 107 cm³/mol. The smallest absolute Gasteiger partial charge is 0.200 e. The lowest BCUT2D eigenvalue weighted by Crippen LogP contribution is -2.78. The number of allylic oxidation sites excluding steroid dienone is 6. The van der Waals surface area contributed by atoms with E-state index in [2.05, 4.69) is 0 Å². The monoisotopic (exact) mass is 522 g/mol. The van der Waals surface area contributed by atoms with Crippen molar-refractivity contribution in [3.63, 3.8) is 0 Å². The first kappa shape index (κ1) is 21.0. The Morgan fingerprint density at radius 2 is 1.32 bits per heavy atom. The Hall–Kier alpha value is 1.33. The first-order chi connectivity index (χ1) is 11.1. The van der Waals surface area contributed by atoms with Gasteiger partial charge < -0.3 is 10.2 Å². The van der Waals surface area contributed by atoms with Crippen LogP contribution in [0.2, 0.25) is 0 Å². The number of rotatable bonds is 0. The highest BCUT2D eigenvalue weighted by atomic mass is 35.5. The summed E-state index contributed by atoms with van der Waals surface area (Å²) in [6.07, 6.45) is 6.72. The molecule has 2 nitrogen and oxygen atoms in total. The summed E-state index contributed by atoms with van der Waals surface area (Å²) in [4.78, 5) is -3.77. The number of hydrogen-bond acceptors (Lipinski definition) is 2. The minimum atomic E-state index is -2.57. The molecular weight excluding hydrogens is 519 g/mol. The molecule has 0 aliphatic heterocycles. The molecule has 1 saturated carbocycles. The van der Waals surface area contributed by atoms with Crippen LogP contribution in [0.5, 0.6) is 0 Å². The zero-order valence-corrected chi connectivity index (χ0v) is 18.5. The molecule has 2 N–H and O–H groups in total. The van der Waals surface area contributed by atoms with Gasteiger partial charge in [0.15, 0.2) is 18.1 Å². The Morgan fingerprint density at radius 3 is 1.88 bits per heavy atom. The van der Waals surface area contributed by atoms with Gasteiger partial charge in [0.1, 0.15) is 15.5 Å². The van der Waals surface area contributed by atoms with E-state index >= 15 is 0 Å². The zero-order valence-electron chi connectivity index (χ0n) is 11.7. The molecule has 138 valence electrons. The molecule has 0 aromatic rings. The highest BCUT2D eigenvalue weighted by Crippen LogP contribution is 2.75. The lowest BCUT2D eigenvalue weighted by Gasteiger charge is -2.63. The van der Waals surface area contributed by atoms with Crippen LogP contribution in [0.25, 0.3) is 0 Å². The van der Waals surface area contributed by atoms with Gasteiger partial charge in [0, 0.05) is 5.57 Å². The Bertz CT molecular complexity index is 777. The van der Waals surface area contributed by atoms with Crippen molar-refractivity contribution in [2.75, 3.05) is 0 Å². The molecule has 0 saturated heterocycles. The van der Waals surface area contributed by atoms with E-state index in [0.29, 0.717) is 5.57 Å². The maximum atomic E-state index is 10.9. The average Bonchev–Trinajstić information content (AvgIpc) is 2.47. The van der Waals surface area contributed by atoms with Crippen molar-refractivity contribution in [1.82, 2.24) is 0 Å². The third kappa shape index (κ3) is 2.19. The molecule has 3 aliphatic rings. The summed E-state index contributed by atoms with van der Waals surface area (Å²) in [6.45, 7) is 0. The van der Waals surface area contributed by atoms with Crippen molar-refractivity contribution >= 4 is 104 Å². The summed E-state index contributed by atoms with van der Waals surface area (Å²) in [6, 6.07) is 0. The van der Waals surface area contributed by atoms with Crippen LogP contribution in [0.1, 0.15) is 0 Å². The van der Waals surface area contributed by atoms with Gasteiger partial charge in [-0.1, -0.05) is 99.4 Å². The molecule has 3 aliphatic carbocycles. The summed E-state index contributed by atoms with van der Waals surface area (Å²) >= 11 is 57.8. The fraction of sp³-hybridized carbons (Fsp3) is 0.429. The predicted octanol–water partition coefficient (Wildman–Crippen LogP) is 6.28. The van der Waals surface area contributed by atoms with Gasteiger partial charge in [-0.25, -0.2) is 0 Å². The van der Waals surface area contributed by atoms with Crippen LogP contribution >= 0.6 is 104 Å².